The minimum atomic E-state index is 0.471. The Morgan fingerprint density at radius 1 is 1.35 bits per heavy atom. The van der Waals surface area contributed by atoms with Gasteiger partial charge in [0, 0.05) is 17.6 Å². The fourth-order valence-electron chi connectivity index (χ4n) is 2.56. The van der Waals surface area contributed by atoms with Gasteiger partial charge in [-0.3, -0.25) is 4.98 Å². The molecule has 0 aliphatic heterocycles. The molecule has 0 saturated heterocycles. The van der Waals surface area contributed by atoms with Crippen molar-refractivity contribution < 1.29 is 0 Å². The Hall–Kier alpha value is -1.28. The fourth-order valence-corrected chi connectivity index (χ4v) is 2.88. The lowest BCUT2D eigenvalue weighted by atomic mass is 10.0. The van der Waals surface area contributed by atoms with Crippen molar-refractivity contribution in [1.29, 1.82) is 0 Å². The van der Waals surface area contributed by atoms with Crippen molar-refractivity contribution in [2.24, 2.45) is 0 Å². The van der Waals surface area contributed by atoms with E-state index >= 15 is 0 Å². The topological polar surface area (TPSA) is 24.9 Å². The van der Waals surface area contributed by atoms with Gasteiger partial charge < -0.3 is 5.32 Å². The number of pyridine rings is 1. The lowest BCUT2D eigenvalue weighted by Gasteiger charge is -2.21. The van der Waals surface area contributed by atoms with Gasteiger partial charge in [0.1, 0.15) is 0 Å². The number of nitrogens with zero attached hydrogens (tertiary/aromatic N) is 1. The van der Waals surface area contributed by atoms with Crippen LogP contribution in [0.25, 0.3) is 10.9 Å². The van der Waals surface area contributed by atoms with Crippen molar-refractivity contribution in [2.45, 2.75) is 52.5 Å². The van der Waals surface area contributed by atoms with Gasteiger partial charge >= 0.3 is 0 Å². The summed E-state index contributed by atoms with van der Waals surface area (Å²) in [6, 6.07) is 6.54. The van der Waals surface area contributed by atoms with Crippen molar-refractivity contribution >= 4 is 28.2 Å². The standard InChI is InChI=1S/C17H23ClN2/c1-4-6-8-13(5-2)20-17-14-9-7-10-19-16(14)12(3)11-15(17)18/h7,9-11,13,20H,4-6,8H2,1-3H3. The zero-order chi connectivity index (χ0) is 14.5. The van der Waals surface area contributed by atoms with Crippen LogP contribution in [0.1, 0.15) is 45.1 Å². The Bertz CT molecular complexity index is 580. The predicted molar refractivity (Wildman–Crippen MR) is 88.7 cm³/mol. The van der Waals surface area contributed by atoms with Crippen molar-refractivity contribution in [2.75, 3.05) is 5.32 Å². The Morgan fingerprint density at radius 3 is 2.85 bits per heavy atom. The van der Waals surface area contributed by atoms with Crippen LogP contribution in [0.4, 0.5) is 5.69 Å². The molecule has 0 aliphatic carbocycles. The number of hydrogen-bond donors (Lipinski definition) is 1. The molecule has 1 unspecified atom stereocenters. The van der Waals surface area contributed by atoms with Crippen molar-refractivity contribution in [1.82, 2.24) is 4.98 Å². The molecule has 0 radical (unpaired) electrons. The summed E-state index contributed by atoms with van der Waals surface area (Å²) < 4.78 is 0. The van der Waals surface area contributed by atoms with Gasteiger partial charge in [-0.2, -0.15) is 0 Å². The largest absolute Gasteiger partial charge is 0.381 e. The molecule has 2 nitrogen and oxygen atoms in total. The van der Waals surface area contributed by atoms with E-state index in [1.165, 1.54) is 19.3 Å². The lowest BCUT2D eigenvalue weighted by Crippen LogP contribution is -2.18. The summed E-state index contributed by atoms with van der Waals surface area (Å²) >= 11 is 6.45. The van der Waals surface area contributed by atoms with Crippen molar-refractivity contribution in [3.05, 3.63) is 35.0 Å². The molecule has 2 aromatic rings. The molecule has 0 aliphatic rings. The van der Waals surface area contributed by atoms with E-state index < -0.39 is 0 Å². The first-order valence-electron chi connectivity index (χ1n) is 7.47. The van der Waals surface area contributed by atoms with Crippen LogP contribution in [0.2, 0.25) is 5.02 Å². The summed E-state index contributed by atoms with van der Waals surface area (Å²) in [7, 11) is 0. The molecular formula is C17H23ClN2. The highest BCUT2D eigenvalue weighted by Gasteiger charge is 2.13. The van der Waals surface area contributed by atoms with Crippen LogP contribution in [0.3, 0.4) is 0 Å². The number of aromatic nitrogens is 1. The summed E-state index contributed by atoms with van der Waals surface area (Å²) in [5.74, 6) is 0. The normalized spacial score (nSPS) is 12.6. The maximum Gasteiger partial charge on any atom is 0.0752 e. The van der Waals surface area contributed by atoms with Crippen LogP contribution in [0, 0.1) is 6.92 Å². The van der Waals surface area contributed by atoms with E-state index in [4.69, 9.17) is 11.6 Å². The van der Waals surface area contributed by atoms with Gasteiger partial charge in [0.15, 0.2) is 0 Å². The molecule has 0 saturated carbocycles. The molecule has 1 heterocycles. The van der Waals surface area contributed by atoms with Gasteiger partial charge in [-0.05, 0) is 43.5 Å². The molecule has 1 aromatic carbocycles. The van der Waals surface area contributed by atoms with E-state index in [0.717, 1.165) is 33.6 Å². The summed E-state index contributed by atoms with van der Waals surface area (Å²) in [5.41, 5.74) is 3.19. The molecule has 0 bridgehead atoms. The smallest absolute Gasteiger partial charge is 0.0752 e. The minimum absolute atomic E-state index is 0.471. The number of unbranched alkanes of at least 4 members (excludes halogenated alkanes) is 1. The van der Waals surface area contributed by atoms with Crippen LogP contribution in [-0.2, 0) is 0 Å². The number of rotatable bonds is 6. The molecular weight excluding hydrogens is 268 g/mol. The summed E-state index contributed by atoms with van der Waals surface area (Å²) in [5, 5.41) is 5.54. The highest BCUT2D eigenvalue weighted by molar-refractivity contribution is 6.35. The molecule has 0 fully saturated rings. The van der Waals surface area contributed by atoms with Gasteiger partial charge in [0.25, 0.3) is 0 Å². The molecule has 0 spiro atoms. The summed E-state index contributed by atoms with van der Waals surface area (Å²) in [6.07, 6.45) is 6.58. The number of fused-ring (bicyclic) bond motifs is 1. The van der Waals surface area contributed by atoms with Gasteiger partial charge in [0.05, 0.1) is 16.2 Å². The van der Waals surface area contributed by atoms with E-state index in [1.54, 1.807) is 0 Å². The third-order valence-electron chi connectivity index (χ3n) is 3.78. The number of hydrogen-bond acceptors (Lipinski definition) is 2. The molecule has 1 N–H and O–H groups in total. The summed E-state index contributed by atoms with van der Waals surface area (Å²) in [4.78, 5) is 4.48. The third-order valence-corrected chi connectivity index (χ3v) is 4.08. The van der Waals surface area contributed by atoms with Gasteiger partial charge in [-0.15, -0.1) is 0 Å². The average molecular weight is 291 g/mol. The zero-order valence-electron chi connectivity index (χ0n) is 12.5. The van der Waals surface area contributed by atoms with Crippen LogP contribution in [-0.4, -0.2) is 11.0 Å². The number of benzene rings is 1. The number of halogens is 1. The predicted octanol–water partition coefficient (Wildman–Crippen LogP) is 5.58. The van der Waals surface area contributed by atoms with E-state index in [9.17, 15) is 0 Å². The number of nitrogens with one attached hydrogen (secondary N) is 1. The van der Waals surface area contributed by atoms with Gasteiger partial charge in [-0.1, -0.05) is 38.3 Å². The van der Waals surface area contributed by atoms with Crippen LogP contribution >= 0.6 is 11.6 Å². The molecule has 0 amide bonds. The quantitative estimate of drug-likeness (QED) is 0.751. The maximum atomic E-state index is 6.45. The van der Waals surface area contributed by atoms with Gasteiger partial charge in [0.2, 0.25) is 0 Å². The molecule has 2 rings (SSSR count). The van der Waals surface area contributed by atoms with E-state index in [1.807, 2.05) is 18.3 Å². The van der Waals surface area contributed by atoms with E-state index in [-0.39, 0.29) is 0 Å². The van der Waals surface area contributed by atoms with Crippen molar-refractivity contribution in [3.8, 4) is 0 Å². The van der Waals surface area contributed by atoms with Crippen LogP contribution in [0.5, 0.6) is 0 Å². The second-order valence-corrected chi connectivity index (χ2v) is 5.75. The Labute approximate surface area is 126 Å². The molecule has 3 heteroatoms. The first kappa shape index (κ1) is 15.1. The highest BCUT2D eigenvalue weighted by Crippen LogP contribution is 2.33. The molecule has 20 heavy (non-hydrogen) atoms. The van der Waals surface area contributed by atoms with Crippen LogP contribution < -0.4 is 5.32 Å². The van der Waals surface area contributed by atoms with Gasteiger partial charge in [-0.25, -0.2) is 0 Å². The first-order valence-corrected chi connectivity index (χ1v) is 7.85. The Kier molecular flexibility index (Phi) is 5.24. The SMILES string of the molecule is CCCCC(CC)Nc1c(Cl)cc(C)c2ncccc12. The molecule has 1 atom stereocenters. The second kappa shape index (κ2) is 6.94. The maximum absolute atomic E-state index is 6.45. The first-order chi connectivity index (χ1) is 9.67. The fraction of sp³-hybridized carbons (Fsp3) is 0.471. The third kappa shape index (κ3) is 3.24. The van der Waals surface area contributed by atoms with E-state index in [0.29, 0.717) is 6.04 Å². The Morgan fingerprint density at radius 2 is 2.15 bits per heavy atom. The molecule has 1 aromatic heterocycles. The highest BCUT2D eigenvalue weighted by atomic mass is 35.5. The number of anilines is 1. The lowest BCUT2D eigenvalue weighted by molar-refractivity contribution is 0.594. The minimum Gasteiger partial charge on any atom is -0.381 e. The molecule has 108 valence electrons. The average Bonchev–Trinajstić information content (AvgIpc) is 2.46. The number of aryl methyl sites for hydroxylation is 1. The monoisotopic (exact) mass is 290 g/mol. The van der Waals surface area contributed by atoms with Crippen molar-refractivity contribution in [3.63, 3.8) is 0 Å². The second-order valence-electron chi connectivity index (χ2n) is 5.34. The Balaban J connectivity index is 2.38. The van der Waals surface area contributed by atoms with E-state index in [2.05, 4.69) is 37.1 Å². The van der Waals surface area contributed by atoms with Crippen LogP contribution in [0.15, 0.2) is 24.4 Å². The summed E-state index contributed by atoms with van der Waals surface area (Å²) in [6.45, 7) is 6.50. The zero-order valence-corrected chi connectivity index (χ0v) is 13.3.